The third-order valence-corrected chi connectivity index (χ3v) is 8.14. The van der Waals surface area contributed by atoms with Crippen molar-refractivity contribution in [3.63, 3.8) is 0 Å². The van der Waals surface area contributed by atoms with E-state index in [0.29, 0.717) is 5.75 Å². The van der Waals surface area contributed by atoms with Crippen LogP contribution in [0, 0.1) is 0 Å². The molecule has 4 rings (SSSR count). The number of carbonyl (C=O) groups excluding carboxylic acids is 2. The summed E-state index contributed by atoms with van der Waals surface area (Å²) in [5.74, 6) is -3.35. The number of carboxylic acid groups (broad SMARTS) is 2. The molecule has 1 fully saturated rings. The molecule has 0 spiro atoms. The second kappa shape index (κ2) is 10.0. The smallest absolute Gasteiger partial charge is 0.353 e. The van der Waals surface area contributed by atoms with Crippen LogP contribution in [0.1, 0.15) is 5.56 Å². The van der Waals surface area contributed by atoms with Crippen molar-refractivity contribution in [2.24, 2.45) is 0 Å². The summed E-state index contributed by atoms with van der Waals surface area (Å²) in [4.78, 5) is 51.9. The van der Waals surface area contributed by atoms with Gasteiger partial charge in [0.2, 0.25) is 5.91 Å². The Morgan fingerprint density at radius 3 is 2.40 bits per heavy atom. The molecule has 0 bridgehead atoms. The molecule has 2 aromatic carbocycles. The van der Waals surface area contributed by atoms with E-state index in [1.54, 1.807) is 24.3 Å². The number of aliphatic carboxylic acids is 2. The molecule has 2 amide bonds. The van der Waals surface area contributed by atoms with Gasteiger partial charge in [0.1, 0.15) is 16.8 Å². The summed E-state index contributed by atoms with van der Waals surface area (Å²) in [6.45, 7) is 0. The number of amides is 2. The Balaban J connectivity index is 1.63. The maximum absolute atomic E-state index is 13.5. The largest absolute Gasteiger partial charge is 0.497 e. The highest BCUT2D eigenvalue weighted by atomic mass is 32.2. The van der Waals surface area contributed by atoms with Crippen LogP contribution in [0.2, 0.25) is 0 Å². The minimum absolute atomic E-state index is 0.0566. The molecule has 0 aliphatic carbocycles. The molecule has 2 atom stereocenters. The lowest BCUT2D eigenvalue weighted by molar-refractivity contribution is -0.159. The van der Waals surface area contributed by atoms with Crippen LogP contribution in [0.25, 0.3) is 0 Å². The van der Waals surface area contributed by atoms with E-state index >= 15 is 0 Å². The zero-order chi connectivity index (χ0) is 25.2. The first-order chi connectivity index (χ1) is 16.8. The number of hydrogen-bond donors (Lipinski definition) is 3. The number of fused-ring (bicyclic) bond motifs is 1. The van der Waals surface area contributed by atoms with Crippen molar-refractivity contribution in [1.82, 2.24) is 10.2 Å². The summed E-state index contributed by atoms with van der Waals surface area (Å²) in [6.07, 6.45) is 0.112. The first-order valence-electron chi connectivity index (χ1n) is 10.5. The molecular weight excluding hydrogens is 492 g/mol. The van der Waals surface area contributed by atoms with Crippen LogP contribution in [0.5, 0.6) is 5.75 Å². The van der Waals surface area contributed by atoms with E-state index in [1.165, 1.54) is 18.9 Å². The van der Waals surface area contributed by atoms with Gasteiger partial charge in [-0.05, 0) is 29.8 Å². The molecule has 35 heavy (non-hydrogen) atoms. The van der Waals surface area contributed by atoms with Crippen LogP contribution >= 0.6 is 23.5 Å². The number of carboxylic acids is 2. The van der Waals surface area contributed by atoms with Crippen LogP contribution < -0.4 is 10.1 Å². The zero-order valence-electron chi connectivity index (χ0n) is 18.6. The van der Waals surface area contributed by atoms with Crippen molar-refractivity contribution >= 4 is 47.3 Å². The topological polar surface area (TPSA) is 133 Å². The Hall–Kier alpha value is -3.44. The second-order valence-electron chi connectivity index (χ2n) is 7.92. The summed E-state index contributed by atoms with van der Waals surface area (Å²) < 4.78 is 5.18. The van der Waals surface area contributed by atoms with Gasteiger partial charge in [-0.2, -0.15) is 0 Å². The molecule has 0 radical (unpaired) electrons. The van der Waals surface area contributed by atoms with Crippen molar-refractivity contribution in [3.05, 3.63) is 71.4 Å². The van der Waals surface area contributed by atoms with E-state index < -0.39 is 34.5 Å². The Morgan fingerprint density at radius 2 is 1.80 bits per heavy atom. The average Bonchev–Trinajstić information content (AvgIpc) is 2.86. The lowest BCUT2D eigenvalue weighted by Gasteiger charge is -2.57. The van der Waals surface area contributed by atoms with Gasteiger partial charge in [-0.15, -0.1) is 23.5 Å². The molecular formula is C24H22N2O7S2. The number of carbonyl (C=O) groups is 4. The monoisotopic (exact) mass is 514 g/mol. The third-order valence-electron chi connectivity index (χ3n) is 5.75. The summed E-state index contributed by atoms with van der Waals surface area (Å²) in [6, 6.07) is 16.3. The average molecular weight is 515 g/mol. The van der Waals surface area contributed by atoms with Gasteiger partial charge < -0.3 is 20.3 Å². The van der Waals surface area contributed by atoms with E-state index in [-0.39, 0.29) is 29.4 Å². The summed E-state index contributed by atoms with van der Waals surface area (Å²) in [5.41, 5.74) is -1.58. The minimum atomic E-state index is -1.50. The van der Waals surface area contributed by atoms with Crippen LogP contribution in [0.4, 0.5) is 0 Å². The van der Waals surface area contributed by atoms with E-state index in [1.807, 2.05) is 30.3 Å². The number of ether oxygens (including phenoxy) is 1. The number of nitrogens with one attached hydrogen (secondary N) is 1. The maximum Gasteiger partial charge on any atom is 0.353 e. The number of hydrogen-bond acceptors (Lipinski definition) is 7. The van der Waals surface area contributed by atoms with Gasteiger partial charge in [-0.1, -0.05) is 30.3 Å². The van der Waals surface area contributed by atoms with E-state index in [2.05, 4.69) is 5.32 Å². The molecule has 0 saturated carbocycles. The molecule has 1 saturated heterocycles. The molecule has 11 heteroatoms. The van der Waals surface area contributed by atoms with Crippen molar-refractivity contribution in [3.8, 4) is 5.75 Å². The zero-order valence-corrected chi connectivity index (χ0v) is 20.2. The van der Waals surface area contributed by atoms with Crippen LogP contribution in [-0.4, -0.2) is 68.4 Å². The van der Waals surface area contributed by atoms with Gasteiger partial charge in [0.25, 0.3) is 5.91 Å². The molecule has 2 heterocycles. The van der Waals surface area contributed by atoms with E-state index in [0.717, 1.165) is 27.1 Å². The predicted octanol–water partition coefficient (Wildman–Crippen LogP) is 2.22. The molecule has 0 aromatic heterocycles. The Morgan fingerprint density at radius 1 is 1.11 bits per heavy atom. The number of methoxy groups -OCH3 is 1. The van der Waals surface area contributed by atoms with Gasteiger partial charge in [-0.25, -0.2) is 9.59 Å². The van der Waals surface area contributed by atoms with E-state index in [4.69, 9.17) is 4.74 Å². The summed E-state index contributed by atoms with van der Waals surface area (Å²) in [5, 5.41) is 21.2. The van der Waals surface area contributed by atoms with Crippen molar-refractivity contribution < 1.29 is 34.1 Å². The van der Waals surface area contributed by atoms with Crippen LogP contribution in [0.15, 0.2) is 70.8 Å². The highest BCUT2D eigenvalue weighted by molar-refractivity contribution is 8.00. The Labute approximate surface area is 209 Å². The molecule has 182 valence electrons. The fourth-order valence-electron chi connectivity index (χ4n) is 4.13. The van der Waals surface area contributed by atoms with Crippen molar-refractivity contribution in [1.29, 1.82) is 0 Å². The number of benzene rings is 2. The first kappa shape index (κ1) is 24.7. The predicted molar refractivity (Wildman–Crippen MR) is 130 cm³/mol. The van der Waals surface area contributed by atoms with Crippen molar-refractivity contribution in [2.45, 2.75) is 22.2 Å². The molecule has 3 N–H and O–H groups in total. The van der Waals surface area contributed by atoms with Gasteiger partial charge in [-0.3, -0.25) is 14.5 Å². The third kappa shape index (κ3) is 4.73. The lowest BCUT2D eigenvalue weighted by atomic mass is 9.80. The van der Waals surface area contributed by atoms with Crippen LogP contribution in [0.3, 0.4) is 0 Å². The lowest BCUT2D eigenvalue weighted by Crippen LogP contribution is -2.81. The van der Waals surface area contributed by atoms with Gasteiger partial charge in [0.15, 0.2) is 5.54 Å². The highest BCUT2D eigenvalue weighted by Crippen LogP contribution is 2.47. The maximum atomic E-state index is 13.5. The first-order valence-corrected chi connectivity index (χ1v) is 12.6. The SMILES string of the molecule is COc1ccc(CC2(NC(=O)CSc3ccccc3)C(=O)N3C(C(=O)O)=C(C(=O)O)CS[C@H]32)cc1. The van der Waals surface area contributed by atoms with Gasteiger partial charge in [0, 0.05) is 17.1 Å². The fourth-order valence-corrected chi connectivity index (χ4v) is 6.31. The fraction of sp³-hybridized carbons (Fsp3) is 0.250. The number of nitrogens with zero attached hydrogens (tertiary/aromatic N) is 1. The minimum Gasteiger partial charge on any atom is -0.497 e. The molecule has 2 aliphatic rings. The Bertz CT molecular complexity index is 1200. The number of thioether (sulfide) groups is 2. The molecule has 9 nitrogen and oxygen atoms in total. The number of rotatable bonds is 9. The normalized spacial score (nSPS) is 21.1. The van der Waals surface area contributed by atoms with Crippen LogP contribution in [-0.2, 0) is 25.6 Å². The van der Waals surface area contributed by atoms with Gasteiger partial charge in [0.05, 0.1) is 18.4 Å². The standard InChI is InChI=1S/C24H22N2O7S2/c1-33-15-9-7-14(8-10-15)11-24(25-18(27)13-34-16-5-3-2-4-6-16)22(32)26-19(21(30)31)17(20(28)29)12-35-23(24)26/h2-10,23H,11-13H2,1H3,(H,25,27)(H,28,29)(H,30,31)/t23-,24?/m0/s1. The molecule has 2 aliphatic heterocycles. The Kier molecular flexibility index (Phi) is 7.08. The molecule has 2 aromatic rings. The van der Waals surface area contributed by atoms with E-state index in [9.17, 15) is 29.4 Å². The highest BCUT2D eigenvalue weighted by Gasteiger charge is 2.65. The summed E-state index contributed by atoms with van der Waals surface area (Å²) >= 11 is 2.44. The second-order valence-corrected chi connectivity index (χ2v) is 10.0. The number of β-lactam (4-membered cyclic amide) rings is 1. The quantitative estimate of drug-likeness (QED) is 0.340. The molecule has 1 unspecified atom stereocenters. The van der Waals surface area contributed by atoms with Gasteiger partial charge >= 0.3 is 11.9 Å². The van der Waals surface area contributed by atoms with Crippen molar-refractivity contribution in [2.75, 3.05) is 18.6 Å². The summed E-state index contributed by atoms with van der Waals surface area (Å²) in [7, 11) is 1.53.